The average Bonchev–Trinajstić information content (AvgIpc) is 3.17. The smallest absolute Gasteiger partial charge is 0.115 e. The van der Waals surface area contributed by atoms with Crippen LogP contribution < -0.4 is 0 Å². The molecule has 0 saturated carbocycles. The number of hydrogen-bond donors (Lipinski definition) is 0. The van der Waals surface area contributed by atoms with Gasteiger partial charge in [0.25, 0.3) is 0 Å². The van der Waals surface area contributed by atoms with Gasteiger partial charge in [-0.2, -0.15) is 10.4 Å². The van der Waals surface area contributed by atoms with Crippen LogP contribution in [0.5, 0.6) is 0 Å². The van der Waals surface area contributed by atoms with E-state index in [0.717, 1.165) is 38.8 Å². The van der Waals surface area contributed by atoms with E-state index in [4.69, 9.17) is 5.10 Å². The predicted molar refractivity (Wildman–Crippen MR) is 117 cm³/mol. The minimum absolute atomic E-state index is 0.650. The fourth-order valence-corrected chi connectivity index (χ4v) is 4.32. The Bertz CT molecular complexity index is 1170. The van der Waals surface area contributed by atoms with Gasteiger partial charge in [-0.1, -0.05) is 48.5 Å². The van der Waals surface area contributed by atoms with Gasteiger partial charge in [0.1, 0.15) is 11.1 Å². The van der Waals surface area contributed by atoms with E-state index in [1.807, 2.05) is 73.1 Å². The van der Waals surface area contributed by atoms with Crippen molar-refractivity contribution in [3.63, 3.8) is 0 Å². The Morgan fingerprint density at radius 2 is 1.69 bits per heavy atom. The van der Waals surface area contributed by atoms with Gasteiger partial charge in [0.15, 0.2) is 0 Å². The van der Waals surface area contributed by atoms with E-state index in [1.165, 1.54) is 0 Å². The first-order valence-electron chi connectivity index (χ1n) is 9.36. The van der Waals surface area contributed by atoms with E-state index < -0.39 is 0 Å². The summed E-state index contributed by atoms with van der Waals surface area (Å²) in [5.41, 5.74) is 6.69. The highest BCUT2D eigenvalue weighted by atomic mass is 32.2. The minimum atomic E-state index is 0.650. The van der Waals surface area contributed by atoms with Gasteiger partial charge in [0, 0.05) is 28.8 Å². The third-order valence-corrected chi connectivity index (χ3v) is 5.67. The van der Waals surface area contributed by atoms with Gasteiger partial charge in [0.05, 0.1) is 16.9 Å². The van der Waals surface area contributed by atoms with E-state index in [1.54, 1.807) is 11.8 Å². The molecule has 0 fully saturated rings. The molecule has 2 aromatic heterocycles. The Labute approximate surface area is 174 Å². The second kappa shape index (κ2) is 8.34. The maximum absolute atomic E-state index is 9.55. The molecule has 0 unspecified atom stereocenters. The van der Waals surface area contributed by atoms with Crippen LogP contribution in [0.4, 0.5) is 0 Å². The van der Waals surface area contributed by atoms with Gasteiger partial charge in [0.2, 0.25) is 0 Å². The van der Waals surface area contributed by atoms with Crippen molar-refractivity contribution in [2.45, 2.75) is 24.6 Å². The monoisotopic (exact) mass is 396 g/mol. The number of nitriles is 1. The summed E-state index contributed by atoms with van der Waals surface area (Å²) in [6, 6.07) is 24.5. The van der Waals surface area contributed by atoms with Crippen LogP contribution in [-0.4, -0.2) is 14.8 Å². The molecule has 2 aromatic carbocycles. The van der Waals surface area contributed by atoms with Gasteiger partial charge in [-0.15, -0.1) is 11.8 Å². The molecule has 0 amide bonds. The van der Waals surface area contributed by atoms with Crippen LogP contribution in [0.2, 0.25) is 0 Å². The van der Waals surface area contributed by atoms with Crippen LogP contribution in [0.25, 0.3) is 16.9 Å². The fourth-order valence-electron chi connectivity index (χ4n) is 3.26. The summed E-state index contributed by atoms with van der Waals surface area (Å²) in [5, 5.41) is 15.2. The molecule has 29 heavy (non-hydrogen) atoms. The molecule has 4 nitrogen and oxygen atoms in total. The number of aryl methyl sites for hydroxylation is 2. The van der Waals surface area contributed by atoms with Crippen molar-refractivity contribution in [2.24, 2.45) is 0 Å². The molecular formula is C24H20N4S. The van der Waals surface area contributed by atoms with E-state index in [0.29, 0.717) is 11.3 Å². The van der Waals surface area contributed by atoms with Crippen LogP contribution in [0, 0.1) is 25.2 Å². The zero-order valence-corrected chi connectivity index (χ0v) is 17.1. The normalized spacial score (nSPS) is 10.7. The maximum Gasteiger partial charge on any atom is 0.115 e. The summed E-state index contributed by atoms with van der Waals surface area (Å²) in [7, 11) is 0. The molecule has 2 heterocycles. The van der Waals surface area contributed by atoms with Crippen LogP contribution >= 0.6 is 11.8 Å². The van der Waals surface area contributed by atoms with Gasteiger partial charge in [-0.3, -0.25) is 0 Å². The van der Waals surface area contributed by atoms with E-state index in [-0.39, 0.29) is 0 Å². The summed E-state index contributed by atoms with van der Waals surface area (Å²) >= 11 is 1.58. The molecule has 142 valence electrons. The molecule has 0 aliphatic heterocycles. The van der Waals surface area contributed by atoms with Crippen LogP contribution in [0.1, 0.15) is 22.4 Å². The largest absolute Gasteiger partial charge is 0.245 e. The average molecular weight is 397 g/mol. The topological polar surface area (TPSA) is 54.5 Å². The summed E-state index contributed by atoms with van der Waals surface area (Å²) in [6.45, 7) is 3.92. The lowest BCUT2D eigenvalue weighted by atomic mass is 10.1. The Morgan fingerprint density at radius 3 is 2.38 bits per heavy atom. The molecule has 0 N–H and O–H groups in total. The van der Waals surface area contributed by atoms with Crippen molar-refractivity contribution >= 4 is 11.8 Å². The molecule has 0 aliphatic rings. The van der Waals surface area contributed by atoms with Crippen molar-refractivity contribution in [3.8, 4) is 23.0 Å². The first kappa shape index (κ1) is 19.0. The number of pyridine rings is 1. The summed E-state index contributed by atoms with van der Waals surface area (Å²) in [4.78, 5) is 4.60. The zero-order valence-electron chi connectivity index (χ0n) is 16.3. The third-order valence-electron chi connectivity index (χ3n) is 4.65. The van der Waals surface area contributed by atoms with Crippen molar-refractivity contribution < 1.29 is 0 Å². The number of para-hydroxylation sites is 1. The van der Waals surface area contributed by atoms with Gasteiger partial charge < -0.3 is 0 Å². The van der Waals surface area contributed by atoms with Crippen molar-refractivity contribution in [2.75, 3.05) is 0 Å². The Morgan fingerprint density at radius 1 is 1.00 bits per heavy atom. The number of thioether (sulfide) groups is 1. The highest BCUT2D eigenvalue weighted by Gasteiger charge is 2.15. The van der Waals surface area contributed by atoms with E-state index in [9.17, 15) is 5.26 Å². The second-order valence-electron chi connectivity index (χ2n) is 6.81. The molecule has 4 rings (SSSR count). The van der Waals surface area contributed by atoms with Crippen LogP contribution in [0.15, 0.2) is 78.0 Å². The molecule has 0 spiro atoms. The molecule has 0 bridgehead atoms. The summed E-state index contributed by atoms with van der Waals surface area (Å²) in [6.07, 6.45) is 2.07. The van der Waals surface area contributed by atoms with Crippen LogP contribution in [0.3, 0.4) is 0 Å². The zero-order chi connectivity index (χ0) is 20.2. The quantitative estimate of drug-likeness (QED) is 0.405. The minimum Gasteiger partial charge on any atom is -0.245 e. The standard InChI is InChI=1S/C24H20N4S/c1-17-13-18(2)26-24(22(17)14-25)29-16-20-15-28(21-11-7-4-8-12-21)27-23(20)19-9-5-3-6-10-19/h3-13,15H,16H2,1-2H3. The van der Waals surface area contributed by atoms with Gasteiger partial charge >= 0.3 is 0 Å². The van der Waals surface area contributed by atoms with E-state index in [2.05, 4.69) is 29.4 Å². The molecule has 4 aromatic rings. The SMILES string of the molecule is Cc1cc(C)c(C#N)c(SCc2cn(-c3ccccc3)nc2-c2ccccc2)n1. The Kier molecular flexibility index (Phi) is 5.46. The number of aromatic nitrogens is 3. The highest BCUT2D eigenvalue weighted by molar-refractivity contribution is 7.98. The number of rotatable bonds is 5. The highest BCUT2D eigenvalue weighted by Crippen LogP contribution is 2.31. The van der Waals surface area contributed by atoms with E-state index >= 15 is 0 Å². The summed E-state index contributed by atoms with van der Waals surface area (Å²) < 4.78 is 1.92. The van der Waals surface area contributed by atoms with Crippen molar-refractivity contribution in [1.82, 2.24) is 14.8 Å². The number of hydrogen-bond acceptors (Lipinski definition) is 4. The molecule has 0 radical (unpaired) electrons. The Balaban J connectivity index is 1.72. The lowest BCUT2D eigenvalue weighted by Crippen LogP contribution is -1.95. The first-order chi connectivity index (χ1) is 14.2. The fraction of sp³-hybridized carbons (Fsp3) is 0.125. The van der Waals surface area contributed by atoms with Gasteiger partial charge in [-0.25, -0.2) is 9.67 Å². The molecule has 0 atom stereocenters. The van der Waals surface area contributed by atoms with Crippen LogP contribution in [-0.2, 0) is 5.75 Å². The first-order valence-corrected chi connectivity index (χ1v) is 10.3. The third kappa shape index (κ3) is 4.08. The second-order valence-corrected chi connectivity index (χ2v) is 7.77. The molecule has 0 aliphatic carbocycles. The lowest BCUT2D eigenvalue weighted by Gasteiger charge is -2.07. The van der Waals surface area contributed by atoms with Gasteiger partial charge in [-0.05, 0) is 37.6 Å². The number of nitrogens with zero attached hydrogens (tertiary/aromatic N) is 4. The van der Waals surface area contributed by atoms with Crippen molar-refractivity contribution in [3.05, 3.63) is 95.3 Å². The lowest BCUT2D eigenvalue weighted by molar-refractivity contribution is 0.884. The predicted octanol–water partition coefficient (Wildman–Crippen LogP) is 5.72. The number of benzene rings is 2. The molecular weight excluding hydrogens is 376 g/mol. The summed E-state index contributed by atoms with van der Waals surface area (Å²) in [5.74, 6) is 0.682. The Hall–Kier alpha value is -3.36. The maximum atomic E-state index is 9.55. The molecule has 5 heteroatoms. The van der Waals surface area contributed by atoms with Crippen molar-refractivity contribution in [1.29, 1.82) is 5.26 Å². The molecule has 0 saturated heterocycles.